The van der Waals surface area contributed by atoms with E-state index in [9.17, 15) is 9.18 Å². The van der Waals surface area contributed by atoms with Crippen LogP contribution in [-0.2, 0) is 0 Å². The van der Waals surface area contributed by atoms with Crippen molar-refractivity contribution in [3.05, 3.63) is 34.1 Å². The first-order chi connectivity index (χ1) is 8.11. The third kappa shape index (κ3) is 2.83. The maximum atomic E-state index is 13.0. The first kappa shape index (κ1) is 12.1. The van der Waals surface area contributed by atoms with Crippen LogP contribution in [0.3, 0.4) is 0 Å². The number of carbonyl (C=O) groups excluding carboxylic acids is 1. The fourth-order valence-electron chi connectivity index (χ4n) is 1.58. The normalized spacial score (nSPS) is 16.1. The molecule has 17 heavy (non-hydrogen) atoms. The average molecular weight is 297 g/mol. The molecule has 1 N–H and O–H groups in total. The van der Waals surface area contributed by atoms with Gasteiger partial charge in [-0.05, 0) is 52.9 Å². The smallest absolute Gasteiger partial charge is 0.253 e. The van der Waals surface area contributed by atoms with E-state index in [1.165, 1.54) is 12.1 Å². The number of nitrogens with one attached hydrogen (secondary N) is 1. The van der Waals surface area contributed by atoms with Crippen LogP contribution < -0.4 is 5.32 Å². The monoisotopic (exact) mass is 296 g/mol. The molecule has 0 heterocycles. The van der Waals surface area contributed by atoms with E-state index in [4.69, 9.17) is 5.26 Å². The van der Waals surface area contributed by atoms with Crippen molar-refractivity contribution in [1.82, 2.24) is 5.32 Å². The van der Waals surface area contributed by atoms with Gasteiger partial charge in [0, 0.05) is 4.47 Å². The molecule has 1 saturated carbocycles. The van der Waals surface area contributed by atoms with Crippen LogP contribution in [0.15, 0.2) is 22.7 Å². The molecule has 1 atom stereocenters. The minimum absolute atomic E-state index is 0.214. The molecule has 1 aromatic carbocycles. The predicted octanol–water partition coefficient (Wildman–Crippen LogP) is 2.62. The van der Waals surface area contributed by atoms with E-state index >= 15 is 0 Å². The highest BCUT2D eigenvalue weighted by Crippen LogP contribution is 2.32. The Balaban J connectivity index is 2.13. The van der Waals surface area contributed by atoms with Gasteiger partial charge < -0.3 is 5.32 Å². The second-order valence-electron chi connectivity index (χ2n) is 4.04. The van der Waals surface area contributed by atoms with Crippen LogP contribution in [-0.4, -0.2) is 11.9 Å². The van der Waals surface area contributed by atoms with Gasteiger partial charge in [-0.25, -0.2) is 4.39 Å². The zero-order valence-electron chi connectivity index (χ0n) is 8.91. The maximum Gasteiger partial charge on any atom is 0.253 e. The van der Waals surface area contributed by atoms with Crippen molar-refractivity contribution < 1.29 is 9.18 Å². The van der Waals surface area contributed by atoms with Gasteiger partial charge in [0.15, 0.2) is 0 Å². The molecule has 1 fully saturated rings. The van der Waals surface area contributed by atoms with Gasteiger partial charge in [0.1, 0.15) is 11.9 Å². The van der Waals surface area contributed by atoms with E-state index < -0.39 is 17.8 Å². The second kappa shape index (κ2) is 4.84. The van der Waals surface area contributed by atoms with Gasteiger partial charge in [0.05, 0.1) is 11.6 Å². The van der Waals surface area contributed by atoms with Crippen molar-refractivity contribution in [1.29, 1.82) is 5.26 Å². The van der Waals surface area contributed by atoms with Crippen LogP contribution in [0.1, 0.15) is 23.2 Å². The summed E-state index contributed by atoms with van der Waals surface area (Å²) in [6, 6.07) is 5.48. The van der Waals surface area contributed by atoms with E-state index in [2.05, 4.69) is 27.3 Å². The van der Waals surface area contributed by atoms with Crippen molar-refractivity contribution in [2.24, 2.45) is 5.92 Å². The molecule has 5 heteroatoms. The van der Waals surface area contributed by atoms with E-state index in [1.54, 1.807) is 0 Å². The largest absolute Gasteiger partial charge is 0.336 e. The van der Waals surface area contributed by atoms with Crippen molar-refractivity contribution >= 4 is 21.8 Å². The van der Waals surface area contributed by atoms with E-state index in [0.717, 1.165) is 18.9 Å². The van der Waals surface area contributed by atoms with Gasteiger partial charge in [0.25, 0.3) is 5.91 Å². The molecule has 0 bridgehead atoms. The van der Waals surface area contributed by atoms with Crippen LogP contribution in [0.5, 0.6) is 0 Å². The third-order valence-electron chi connectivity index (χ3n) is 2.69. The van der Waals surface area contributed by atoms with Gasteiger partial charge in [-0.15, -0.1) is 0 Å². The molecule has 1 amide bonds. The maximum absolute atomic E-state index is 13.0. The Morgan fingerprint density at radius 2 is 2.29 bits per heavy atom. The van der Waals surface area contributed by atoms with Crippen molar-refractivity contribution in [3.8, 4) is 6.07 Å². The summed E-state index contributed by atoms with van der Waals surface area (Å²) in [4.78, 5) is 11.9. The summed E-state index contributed by atoms with van der Waals surface area (Å²) in [6.07, 6.45) is 1.92. The lowest BCUT2D eigenvalue weighted by molar-refractivity contribution is 0.0940. The minimum Gasteiger partial charge on any atom is -0.336 e. The fourth-order valence-corrected chi connectivity index (χ4v) is 2.00. The number of hydrogen-bond donors (Lipinski definition) is 1. The van der Waals surface area contributed by atoms with Crippen LogP contribution in [0, 0.1) is 23.1 Å². The second-order valence-corrected chi connectivity index (χ2v) is 4.90. The summed E-state index contributed by atoms with van der Waals surface area (Å²) in [6.45, 7) is 0. The quantitative estimate of drug-likeness (QED) is 0.932. The molecule has 1 unspecified atom stereocenters. The van der Waals surface area contributed by atoms with Crippen molar-refractivity contribution in [3.63, 3.8) is 0 Å². The van der Waals surface area contributed by atoms with E-state index in [0.29, 0.717) is 4.47 Å². The van der Waals surface area contributed by atoms with Crippen LogP contribution >= 0.6 is 15.9 Å². The molecule has 0 saturated heterocycles. The summed E-state index contributed by atoms with van der Waals surface area (Å²) in [5.74, 6) is -0.649. The van der Waals surface area contributed by atoms with Gasteiger partial charge in [-0.2, -0.15) is 5.26 Å². The fraction of sp³-hybridized carbons (Fsp3) is 0.333. The van der Waals surface area contributed by atoms with Gasteiger partial charge >= 0.3 is 0 Å². The number of benzene rings is 1. The minimum atomic E-state index is -0.474. The van der Waals surface area contributed by atoms with Gasteiger partial charge in [-0.1, -0.05) is 0 Å². The summed E-state index contributed by atoms with van der Waals surface area (Å²) in [5, 5.41) is 11.5. The number of nitrogens with zero attached hydrogens (tertiary/aromatic N) is 1. The topological polar surface area (TPSA) is 52.9 Å². The highest BCUT2D eigenvalue weighted by Gasteiger charge is 2.32. The summed E-state index contributed by atoms with van der Waals surface area (Å²) in [5.41, 5.74) is 0.214. The number of amides is 1. The summed E-state index contributed by atoms with van der Waals surface area (Å²) >= 11 is 3.19. The SMILES string of the molecule is N#CC(NC(=O)c1cc(F)ccc1Br)C1CC1. The Labute approximate surface area is 107 Å². The zero-order valence-corrected chi connectivity index (χ0v) is 10.5. The average Bonchev–Trinajstić information content (AvgIpc) is 3.13. The Morgan fingerprint density at radius 1 is 1.59 bits per heavy atom. The van der Waals surface area contributed by atoms with Crippen LogP contribution in [0.25, 0.3) is 0 Å². The Bertz CT molecular complexity index is 494. The number of carbonyl (C=O) groups is 1. The van der Waals surface area contributed by atoms with Crippen LogP contribution in [0.2, 0.25) is 0 Å². The molecule has 0 aromatic heterocycles. The predicted molar refractivity (Wildman–Crippen MR) is 63.7 cm³/mol. The number of halogens is 2. The lowest BCUT2D eigenvalue weighted by Gasteiger charge is -2.11. The third-order valence-corrected chi connectivity index (χ3v) is 3.38. The Kier molecular flexibility index (Phi) is 3.43. The lowest BCUT2D eigenvalue weighted by Crippen LogP contribution is -2.35. The Morgan fingerprint density at radius 3 is 2.88 bits per heavy atom. The van der Waals surface area contributed by atoms with Gasteiger partial charge in [0.2, 0.25) is 0 Å². The number of nitriles is 1. The summed E-state index contributed by atoms with van der Waals surface area (Å²) < 4.78 is 13.5. The summed E-state index contributed by atoms with van der Waals surface area (Å²) in [7, 11) is 0. The van der Waals surface area contributed by atoms with Gasteiger partial charge in [-0.3, -0.25) is 4.79 Å². The number of hydrogen-bond acceptors (Lipinski definition) is 2. The highest BCUT2D eigenvalue weighted by molar-refractivity contribution is 9.10. The van der Waals surface area contributed by atoms with Crippen LogP contribution in [0.4, 0.5) is 4.39 Å². The Hall–Kier alpha value is -1.41. The highest BCUT2D eigenvalue weighted by atomic mass is 79.9. The number of rotatable bonds is 3. The van der Waals surface area contributed by atoms with E-state index in [1.807, 2.05) is 0 Å². The zero-order chi connectivity index (χ0) is 12.4. The first-order valence-corrected chi connectivity index (χ1v) is 6.06. The van der Waals surface area contributed by atoms with E-state index in [-0.39, 0.29) is 11.5 Å². The first-order valence-electron chi connectivity index (χ1n) is 5.27. The molecule has 0 radical (unpaired) electrons. The molecule has 0 aliphatic heterocycles. The molecule has 3 nitrogen and oxygen atoms in total. The molecular weight excluding hydrogens is 287 g/mol. The molecule has 2 rings (SSSR count). The molecular formula is C12H10BrFN2O. The molecule has 1 aliphatic rings. The molecule has 0 spiro atoms. The lowest BCUT2D eigenvalue weighted by atomic mass is 10.1. The molecule has 88 valence electrons. The van der Waals surface area contributed by atoms with Crippen molar-refractivity contribution in [2.45, 2.75) is 18.9 Å². The standard InChI is InChI=1S/C12H10BrFN2O/c13-10-4-3-8(14)5-9(10)12(17)16-11(6-15)7-1-2-7/h3-5,7,11H,1-2H2,(H,16,17). The van der Waals surface area contributed by atoms with Crippen molar-refractivity contribution in [2.75, 3.05) is 0 Å². The molecule has 1 aliphatic carbocycles. The molecule has 1 aromatic rings.